The Labute approximate surface area is 144 Å². The Morgan fingerprint density at radius 2 is 1.92 bits per heavy atom. The molecule has 3 aromatic carbocycles. The Morgan fingerprint density at radius 3 is 2.62 bits per heavy atom. The smallest absolute Gasteiger partial charge is 0.255 e. The van der Waals surface area contributed by atoms with Gasteiger partial charge < -0.3 is 15.2 Å². The molecule has 0 spiro atoms. The molecule has 0 atom stereocenters. The van der Waals surface area contributed by atoms with Crippen LogP contribution in [0, 0.1) is 0 Å². The summed E-state index contributed by atoms with van der Waals surface area (Å²) >= 11 is 6.26. The molecular weight excluding hydrogens is 326 g/mol. The Balaban J connectivity index is 2.14. The van der Waals surface area contributed by atoms with E-state index in [-0.39, 0.29) is 6.61 Å². The first-order valence-electron chi connectivity index (χ1n) is 7.36. The van der Waals surface area contributed by atoms with E-state index in [0.717, 1.165) is 21.9 Å². The van der Waals surface area contributed by atoms with Gasteiger partial charge in [-0.1, -0.05) is 41.9 Å². The Bertz CT molecular complexity index is 908. The number of hydrogen-bond donors (Lipinski definition) is 1. The highest BCUT2D eigenvalue weighted by molar-refractivity contribution is 6.32. The van der Waals surface area contributed by atoms with Gasteiger partial charge in [0, 0.05) is 0 Å². The fourth-order valence-electron chi connectivity index (χ4n) is 2.59. The molecule has 0 fully saturated rings. The van der Waals surface area contributed by atoms with Crippen LogP contribution >= 0.6 is 11.6 Å². The van der Waals surface area contributed by atoms with Crippen molar-refractivity contribution >= 4 is 28.3 Å². The number of benzene rings is 3. The number of nitrogens with two attached hydrogens (primary N) is 1. The number of ether oxygens (including phenoxy) is 2. The fourth-order valence-corrected chi connectivity index (χ4v) is 2.85. The number of carbonyl (C=O) groups excluding carboxylic acids is 1. The summed E-state index contributed by atoms with van der Waals surface area (Å²) in [7, 11) is 1.58. The van der Waals surface area contributed by atoms with Crippen LogP contribution in [0.4, 0.5) is 0 Å². The third-order valence-electron chi connectivity index (χ3n) is 3.68. The molecule has 2 N–H and O–H groups in total. The average Bonchev–Trinajstić information content (AvgIpc) is 2.59. The summed E-state index contributed by atoms with van der Waals surface area (Å²) < 4.78 is 10.7. The molecule has 0 unspecified atom stereocenters. The van der Waals surface area contributed by atoms with Gasteiger partial charge in [-0.05, 0) is 46.2 Å². The molecule has 0 aliphatic carbocycles. The lowest BCUT2D eigenvalue weighted by Crippen LogP contribution is -2.20. The molecule has 3 rings (SSSR count). The van der Waals surface area contributed by atoms with Gasteiger partial charge in [0.2, 0.25) is 0 Å². The maximum Gasteiger partial charge on any atom is 0.255 e. The number of fused-ring (bicyclic) bond motifs is 1. The van der Waals surface area contributed by atoms with Gasteiger partial charge in [-0.15, -0.1) is 0 Å². The third-order valence-corrected chi connectivity index (χ3v) is 3.97. The largest absolute Gasteiger partial charge is 0.495 e. The van der Waals surface area contributed by atoms with E-state index in [9.17, 15) is 4.79 Å². The van der Waals surface area contributed by atoms with Crippen molar-refractivity contribution in [1.29, 1.82) is 0 Å². The summed E-state index contributed by atoms with van der Waals surface area (Å²) in [4.78, 5) is 11.0. The molecule has 0 bridgehead atoms. The van der Waals surface area contributed by atoms with Crippen molar-refractivity contribution in [3.63, 3.8) is 0 Å². The summed E-state index contributed by atoms with van der Waals surface area (Å²) in [6.45, 7) is -0.166. The van der Waals surface area contributed by atoms with Crippen molar-refractivity contribution in [2.45, 2.75) is 0 Å². The van der Waals surface area contributed by atoms with Crippen LogP contribution in [0.15, 0.2) is 54.6 Å². The van der Waals surface area contributed by atoms with Gasteiger partial charge in [-0.25, -0.2) is 0 Å². The average molecular weight is 342 g/mol. The lowest BCUT2D eigenvalue weighted by Gasteiger charge is -2.12. The predicted octanol–water partition coefficient (Wildman–Crippen LogP) is 4.03. The van der Waals surface area contributed by atoms with Gasteiger partial charge in [0.25, 0.3) is 5.91 Å². The number of rotatable bonds is 5. The van der Waals surface area contributed by atoms with Crippen molar-refractivity contribution in [3.05, 3.63) is 59.6 Å². The van der Waals surface area contributed by atoms with Crippen molar-refractivity contribution in [3.8, 4) is 22.6 Å². The SMILES string of the molecule is COc1ccc(-c2cc(OCC(N)=O)cc3ccccc23)cc1Cl. The van der Waals surface area contributed by atoms with E-state index in [1.165, 1.54) is 0 Å². The lowest BCUT2D eigenvalue weighted by atomic mass is 9.97. The number of methoxy groups -OCH3 is 1. The van der Waals surface area contributed by atoms with Gasteiger partial charge >= 0.3 is 0 Å². The number of amides is 1. The topological polar surface area (TPSA) is 61.6 Å². The summed E-state index contributed by atoms with van der Waals surface area (Å²) in [5.74, 6) is 0.678. The van der Waals surface area contributed by atoms with E-state index in [1.54, 1.807) is 7.11 Å². The van der Waals surface area contributed by atoms with Crippen LogP contribution in [0.2, 0.25) is 5.02 Å². The molecule has 24 heavy (non-hydrogen) atoms. The summed E-state index contributed by atoms with van der Waals surface area (Å²) in [6.07, 6.45) is 0. The van der Waals surface area contributed by atoms with Crippen LogP contribution in [0.5, 0.6) is 11.5 Å². The molecule has 1 amide bonds. The predicted molar refractivity (Wildman–Crippen MR) is 95.6 cm³/mol. The standard InChI is InChI=1S/C19H16ClNO3/c1-23-18-7-6-13(9-17(18)20)16-10-14(24-11-19(21)22)8-12-4-2-3-5-15(12)16/h2-10H,11H2,1H3,(H2,21,22). The number of carbonyl (C=O) groups is 1. The van der Waals surface area contributed by atoms with Gasteiger partial charge in [0.1, 0.15) is 11.5 Å². The summed E-state index contributed by atoms with van der Waals surface area (Å²) in [5, 5.41) is 2.59. The maximum atomic E-state index is 11.0. The van der Waals surface area contributed by atoms with Crippen LogP contribution in [0.25, 0.3) is 21.9 Å². The highest BCUT2D eigenvalue weighted by atomic mass is 35.5. The van der Waals surface area contributed by atoms with Gasteiger partial charge in [0.15, 0.2) is 6.61 Å². The van der Waals surface area contributed by atoms with Crippen molar-refractivity contribution in [1.82, 2.24) is 0 Å². The highest BCUT2D eigenvalue weighted by Crippen LogP contribution is 2.36. The van der Waals surface area contributed by atoms with Crippen molar-refractivity contribution in [2.24, 2.45) is 5.73 Å². The first kappa shape index (κ1) is 16.1. The van der Waals surface area contributed by atoms with Crippen LogP contribution in [0.1, 0.15) is 0 Å². The van der Waals surface area contributed by atoms with E-state index in [0.29, 0.717) is 16.5 Å². The van der Waals surface area contributed by atoms with Gasteiger partial charge in [-0.3, -0.25) is 4.79 Å². The van der Waals surface area contributed by atoms with E-state index in [1.807, 2.05) is 54.6 Å². The normalized spacial score (nSPS) is 10.6. The lowest BCUT2D eigenvalue weighted by molar-refractivity contribution is -0.119. The Morgan fingerprint density at radius 1 is 1.12 bits per heavy atom. The Kier molecular flexibility index (Phi) is 4.58. The zero-order chi connectivity index (χ0) is 17.1. The van der Waals surface area contributed by atoms with Crippen molar-refractivity contribution in [2.75, 3.05) is 13.7 Å². The molecular formula is C19H16ClNO3. The molecule has 0 aromatic heterocycles. The van der Waals surface area contributed by atoms with Gasteiger partial charge in [0.05, 0.1) is 12.1 Å². The quantitative estimate of drug-likeness (QED) is 0.762. The first-order valence-corrected chi connectivity index (χ1v) is 7.74. The highest BCUT2D eigenvalue weighted by Gasteiger charge is 2.10. The van der Waals surface area contributed by atoms with Crippen LogP contribution < -0.4 is 15.2 Å². The molecule has 122 valence electrons. The summed E-state index contributed by atoms with van der Waals surface area (Å²) in [6, 6.07) is 17.3. The molecule has 0 saturated heterocycles. The second-order valence-corrected chi connectivity index (χ2v) is 5.70. The monoisotopic (exact) mass is 341 g/mol. The number of primary amides is 1. The molecule has 0 heterocycles. The minimum absolute atomic E-state index is 0.166. The number of halogens is 1. The van der Waals surface area contributed by atoms with E-state index in [4.69, 9.17) is 26.8 Å². The van der Waals surface area contributed by atoms with E-state index in [2.05, 4.69) is 0 Å². The van der Waals surface area contributed by atoms with Crippen LogP contribution in [-0.2, 0) is 4.79 Å². The molecule has 4 nitrogen and oxygen atoms in total. The molecule has 0 aliphatic rings. The van der Waals surface area contributed by atoms with Gasteiger partial charge in [-0.2, -0.15) is 0 Å². The third kappa shape index (κ3) is 3.29. The second-order valence-electron chi connectivity index (χ2n) is 5.30. The minimum Gasteiger partial charge on any atom is -0.495 e. The molecule has 3 aromatic rings. The zero-order valence-electron chi connectivity index (χ0n) is 13.1. The molecule has 5 heteroatoms. The van der Waals surface area contributed by atoms with E-state index < -0.39 is 5.91 Å². The van der Waals surface area contributed by atoms with E-state index >= 15 is 0 Å². The zero-order valence-corrected chi connectivity index (χ0v) is 13.8. The minimum atomic E-state index is -0.516. The molecule has 0 aliphatic heterocycles. The van der Waals surface area contributed by atoms with Crippen LogP contribution in [0.3, 0.4) is 0 Å². The summed E-state index contributed by atoms with van der Waals surface area (Å²) in [5.41, 5.74) is 7.05. The Hall–Kier alpha value is -2.72. The maximum absolute atomic E-state index is 11.0. The second kappa shape index (κ2) is 6.81. The van der Waals surface area contributed by atoms with Crippen molar-refractivity contribution < 1.29 is 14.3 Å². The molecule has 0 radical (unpaired) electrons. The van der Waals surface area contributed by atoms with Crippen LogP contribution in [-0.4, -0.2) is 19.6 Å². The molecule has 0 saturated carbocycles. The number of hydrogen-bond acceptors (Lipinski definition) is 3. The fraction of sp³-hybridized carbons (Fsp3) is 0.105. The first-order chi connectivity index (χ1) is 11.6.